The Labute approximate surface area is 123 Å². The molecule has 1 aliphatic rings. The zero-order chi connectivity index (χ0) is 15.4. The van der Waals surface area contributed by atoms with Crippen molar-refractivity contribution in [2.45, 2.75) is 65.0 Å². The highest BCUT2D eigenvalue weighted by atomic mass is 16.5. The first-order valence-electron chi connectivity index (χ1n) is 7.61. The van der Waals surface area contributed by atoms with Gasteiger partial charge in [0.2, 0.25) is 0 Å². The van der Waals surface area contributed by atoms with Gasteiger partial charge in [0.05, 0.1) is 13.2 Å². The summed E-state index contributed by atoms with van der Waals surface area (Å²) in [5.74, 6) is 0.473. The third kappa shape index (κ3) is 4.74. The van der Waals surface area contributed by atoms with E-state index in [-0.39, 0.29) is 5.97 Å². The summed E-state index contributed by atoms with van der Waals surface area (Å²) in [4.78, 5) is 11.8. The minimum atomic E-state index is -0.662. The van der Waals surface area contributed by atoms with E-state index in [1.54, 1.807) is 7.05 Å². The number of rotatable bonds is 6. The van der Waals surface area contributed by atoms with Crippen molar-refractivity contribution >= 4 is 5.97 Å². The van der Waals surface area contributed by atoms with E-state index < -0.39 is 5.54 Å². The summed E-state index contributed by atoms with van der Waals surface area (Å²) >= 11 is 0. The molecule has 0 saturated heterocycles. The fraction of sp³-hybridized carbons (Fsp3) is 0.938. The summed E-state index contributed by atoms with van der Waals surface area (Å²) in [6.45, 7) is 9.36. The summed E-state index contributed by atoms with van der Waals surface area (Å²) < 4.78 is 10.9. The van der Waals surface area contributed by atoms with Crippen molar-refractivity contribution in [1.82, 2.24) is 5.32 Å². The van der Waals surface area contributed by atoms with Crippen LogP contribution in [0.3, 0.4) is 0 Å². The second-order valence-corrected chi connectivity index (χ2v) is 7.23. The normalized spacial score (nSPS) is 28.7. The number of ether oxygens (including phenoxy) is 2. The van der Waals surface area contributed by atoms with Gasteiger partial charge < -0.3 is 14.8 Å². The van der Waals surface area contributed by atoms with Crippen molar-refractivity contribution in [3.8, 4) is 0 Å². The van der Waals surface area contributed by atoms with Crippen LogP contribution in [0, 0.1) is 11.3 Å². The van der Waals surface area contributed by atoms with Gasteiger partial charge in [0.1, 0.15) is 5.54 Å². The fourth-order valence-corrected chi connectivity index (χ4v) is 3.37. The number of nitrogens with one attached hydrogen (secondary N) is 1. The van der Waals surface area contributed by atoms with Crippen LogP contribution in [-0.2, 0) is 14.3 Å². The van der Waals surface area contributed by atoms with Crippen molar-refractivity contribution in [2.75, 3.05) is 20.8 Å². The summed E-state index contributed by atoms with van der Waals surface area (Å²) in [5.41, 5.74) is -0.304. The molecule has 0 radical (unpaired) electrons. The fourth-order valence-electron chi connectivity index (χ4n) is 3.37. The Morgan fingerprint density at radius 3 is 2.55 bits per heavy atom. The number of carbonyl (C=O) groups is 1. The minimum absolute atomic E-state index is 0.235. The average molecular weight is 285 g/mol. The lowest BCUT2D eigenvalue weighted by atomic mass is 9.71. The molecule has 4 nitrogen and oxygen atoms in total. The molecule has 0 aromatic rings. The Bertz CT molecular complexity index is 330. The SMILES string of the molecule is CNC(C)(CCOC1CC(C)CC(C)(C)C1)C(=O)OC. The second-order valence-electron chi connectivity index (χ2n) is 7.23. The van der Waals surface area contributed by atoms with Gasteiger partial charge in [0.15, 0.2) is 0 Å². The standard InChI is InChI=1S/C16H31NO3/c1-12-9-13(11-15(2,3)10-12)20-8-7-16(4,17-5)14(18)19-6/h12-13,17H,7-11H2,1-6H3. The molecule has 1 aliphatic carbocycles. The summed E-state index contributed by atoms with van der Waals surface area (Å²) in [5, 5.41) is 3.04. The van der Waals surface area contributed by atoms with Gasteiger partial charge in [-0.25, -0.2) is 0 Å². The molecule has 3 atom stereocenters. The van der Waals surface area contributed by atoms with Crippen LogP contribution in [0.25, 0.3) is 0 Å². The zero-order valence-corrected chi connectivity index (χ0v) is 13.9. The van der Waals surface area contributed by atoms with Crippen molar-refractivity contribution < 1.29 is 14.3 Å². The molecule has 0 heterocycles. The Morgan fingerprint density at radius 1 is 1.40 bits per heavy atom. The lowest BCUT2D eigenvalue weighted by Crippen LogP contribution is -2.49. The summed E-state index contributed by atoms with van der Waals surface area (Å²) in [7, 11) is 3.20. The molecule has 3 unspecified atom stereocenters. The third-order valence-corrected chi connectivity index (χ3v) is 4.49. The van der Waals surface area contributed by atoms with Gasteiger partial charge in [-0.3, -0.25) is 4.79 Å². The first-order valence-corrected chi connectivity index (χ1v) is 7.61. The van der Waals surface area contributed by atoms with Crippen LogP contribution in [0.4, 0.5) is 0 Å². The predicted octanol–water partition coefficient (Wildman–Crippen LogP) is 2.76. The third-order valence-electron chi connectivity index (χ3n) is 4.49. The van der Waals surface area contributed by atoms with Gasteiger partial charge in [0, 0.05) is 6.61 Å². The molecule has 4 heteroatoms. The summed E-state index contributed by atoms with van der Waals surface area (Å²) in [6.07, 6.45) is 4.43. The molecule has 0 amide bonds. The first kappa shape index (κ1) is 17.4. The predicted molar refractivity (Wildman–Crippen MR) is 80.6 cm³/mol. The van der Waals surface area contributed by atoms with Crippen LogP contribution in [0.5, 0.6) is 0 Å². The van der Waals surface area contributed by atoms with E-state index in [1.165, 1.54) is 13.5 Å². The summed E-state index contributed by atoms with van der Waals surface area (Å²) in [6, 6.07) is 0. The number of carbonyl (C=O) groups excluding carboxylic acids is 1. The largest absolute Gasteiger partial charge is 0.468 e. The second kappa shape index (κ2) is 6.90. The quantitative estimate of drug-likeness (QED) is 0.762. The minimum Gasteiger partial charge on any atom is -0.468 e. The zero-order valence-electron chi connectivity index (χ0n) is 13.9. The van der Waals surface area contributed by atoms with E-state index in [0.717, 1.165) is 12.8 Å². The molecule has 0 aromatic carbocycles. The van der Waals surface area contributed by atoms with E-state index in [1.807, 2.05) is 6.92 Å². The molecule has 1 rings (SSSR count). The lowest BCUT2D eigenvalue weighted by molar-refractivity contribution is -0.149. The first-order chi connectivity index (χ1) is 9.22. The van der Waals surface area contributed by atoms with E-state index in [2.05, 4.69) is 26.1 Å². The van der Waals surface area contributed by atoms with Gasteiger partial charge in [-0.1, -0.05) is 20.8 Å². The molecule has 0 aliphatic heterocycles. The Morgan fingerprint density at radius 2 is 2.05 bits per heavy atom. The monoisotopic (exact) mass is 285 g/mol. The maximum absolute atomic E-state index is 11.8. The maximum atomic E-state index is 11.8. The molecule has 0 bridgehead atoms. The number of hydrogen-bond donors (Lipinski definition) is 1. The smallest absolute Gasteiger partial charge is 0.325 e. The molecule has 1 fully saturated rings. The van der Waals surface area contributed by atoms with Crippen LogP contribution in [0.1, 0.15) is 53.4 Å². The van der Waals surface area contributed by atoms with Gasteiger partial charge in [-0.15, -0.1) is 0 Å². The highest BCUT2D eigenvalue weighted by molar-refractivity contribution is 5.80. The number of esters is 1. The molecular weight excluding hydrogens is 254 g/mol. The molecule has 0 aromatic heterocycles. The molecular formula is C16H31NO3. The number of methoxy groups -OCH3 is 1. The van der Waals surface area contributed by atoms with Crippen molar-refractivity contribution in [3.05, 3.63) is 0 Å². The van der Waals surface area contributed by atoms with Crippen LogP contribution in [0.2, 0.25) is 0 Å². The van der Waals surface area contributed by atoms with Gasteiger partial charge >= 0.3 is 5.97 Å². The van der Waals surface area contributed by atoms with Crippen LogP contribution in [0.15, 0.2) is 0 Å². The van der Waals surface area contributed by atoms with Gasteiger partial charge in [-0.2, -0.15) is 0 Å². The molecule has 0 spiro atoms. The Kier molecular flexibility index (Phi) is 6.02. The van der Waals surface area contributed by atoms with Crippen LogP contribution >= 0.6 is 0 Å². The highest BCUT2D eigenvalue weighted by Crippen LogP contribution is 2.39. The van der Waals surface area contributed by atoms with E-state index in [9.17, 15) is 4.79 Å². The maximum Gasteiger partial charge on any atom is 0.325 e. The van der Waals surface area contributed by atoms with Gasteiger partial charge in [0.25, 0.3) is 0 Å². The van der Waals surface area contributed by atoms with E-state index in [4.69, 9.17) is 9.47 Å². The van der Waals surface area contributed by atoms with E-state index >= 15 is 0 Å². The average Bonchev–Trinajstić information content (AvgIpc) is 2.35. The molecule has 1 saturated carbocycles. The van der Waals surface area contributed by atoms with Crippen molar-refractivity contribution in [2.24, 2.45) is 11.3 Å². The van der Waals surface area contributed by atoms with Crippen LogP contribution in [-0.4, -0.2) is 38.4 Å². The van der Waals surface area contributed by atoms with Crippen LogP contribution < -0.4 is 5.32 Å². The van der Waals surface area contributed by atoms with E-state index in [0.29, 0.717) is 30.5 Å². The number of hydrogen-bond acceptors (Lipinski definition) is 4. The Hall–Kier alpha value is -0.610. The van der Waals surface area contributed by atoms with Gasteiger partial charge in [-0.05, 0) is 51.0 Å². The number of likely N-dealkylation sites (N-methyl/N-ethyl adjacent to an activating group) is 1. The molecule has 118 valence electrons. The lowest BCUT2D eigenvalue weighted by Gasteiger charge is -2.39. The van der Waals surface area contributed by atoms with Crippen molar-refractivity contribution in [1.29, 1.82) is 0 Å². The molecule has 1 N–H and O–H groups in total. The Balaban J connectivity index is 2.45. The highest BCUT2D eigenvalue weighted by Gasteiger charge is 2.35. The molecule has 20 heavy (non-hydrogen) atoms. The van der Waals surface area contributed by atoms with Crippen molar-refractivity contribution in [3.63, 3.8) is 0 Å². The topological polar surface area (TPSA) is 47.6 Å².